The molecule has 0 aromatic heterocycles. The molecule has 1 N–H and O–H groups in total. The number of fused-ring (bicyclic) bond motifs is 6. The van der Waals surface area contributed by atoms with Crippen molar-refractivity contribution >= 4 is 28.9 Å². The van der Waals surface area contributed by atoms with Gasteiger partial charge in [-0.2, -0.15) is 5.01 Å². The quantitative estimate of drug-likeness (QED) is 0.605. The minimum atomic E-state index is -1.29. The van der Waals surface area contributed by atoms with E-state index in [1.165, 1.54) is 0 Å². The van der Waals surface area contributed by atoms with Crippen LogP contribution in [0, 0.1) is 6.92 Å². The van der Waals surface area contributed by atoms with Gasteiger partial charge in [0.2, 0.25) is 0 Å². The molecule has 0 bridgehead atoms. The third-order valence-corrected chi connectivity index (χ3v) is 6.56. The van der Waals surface area contributed by atoms with E-state index in [4.69, 9.17) is 16.3 Å². The molecule has 1 amide bonds. The lowest BCUT2D eigenvalue weighted by Crippen LogP contribution is -2.61. The first-order valence-corrected chi connectivity index (χ1v) is 10.6. The highest BCUT2D eigenvalue weighted by Crippen LogP contribution is 2.54. The highest BCUT2D eigenvalue weighted by atomic mass is 35.5. The highest BCUT2D eigenvalue weighted by molar-refractivity contribution is 6.30. The maximum Gasteiger partial charge on any atom is 0.293 e. The number of hydrazine groups is 1. The van der Waals surface area contributed by atoms with Crippen LogP contribution < -0.4 is 15.1 Å². The topological polar surface area (TPSA) is 44.8 Å². The van der Waals surface area contributed by atoms with Gasteiger partial charge in [0.05, 0.1) is 17.4 Å². The SMILES string of the molecule is Cc1ccc2c(c1)C1(Oc3ccccc3C3C=C(c4ccc(Cl)cc4)NN31)C(=O)N2C. The lowest BCUT2D eigenvalue weighted by Gasteiger charge is -2.45. The first kappa shape index (κ1) is 18.5. The molecule has 0 saturated heterocycles. The maximum atomic E-state index is 13.8. The molecule has 0 fully saturated rings. The number of nitrogens with zero attached hydrogens (tertiary/aromatic N) is 2. The summed E-state index contributed by atoms with van der Waals surface area (Å²) in [6.45, 7) is 2.03. The summed E-state index contributed by atoms with van der Waals surface area (Å²) in [6.07, 6.45) is 2.15. The molecule has 3 aliphatic rings. The number of likely N-dealkylation sites (N-methyl/N-ethyl adjacent to an activating group) is 1. The van der Waals surface area contributed by atoms with Crippen molar-refractivity contribution in [2.45, 2.75) is 18.7 Å². The van der Waals surface area contributed by atoms with Gasteiger partial charge in [0, 0.05) is 23.2 Å². The first-order valence-electron chi connectivity index (χ1n) is 10.2. The van der Waals surface area contributed by atoms with Crippen LogP contribution in [0.1, 0.15) is 28.3 Å². The van der Waals surface area contributed by atoms with Crippen LogP contribution in [-0.4, -0.2) is 18.0 Å². The zero-order valence-electron chi connectivity index (χ0n) is 17.1. The van der Waals surface area contributed by atoms with Gasteiger partial charge < -0.3 is 15.1 Å². The molecule has 3 aliphatic heterocycles. The van der Waals surface area contributed by atoms with Gasteiger partial charge in [0.1, 0.15) is 5.75 Å². The molecule has 3 aromatic carbocycles. The Morgan fingerprint density at radius 3 is 2.65 bits per heavy atom. The zero-order valence-corrected chi connectivity index (χ0v) is 17.9. The summed E-state index contributed by atoms with van der Waals surface area (Å²) in [7, 11) is 1.80. The van der Waals surface area contributed by atoms with Gasteiger partial charge in [-0.25, -0.2) is 0 Å². The van der Waals surface area contributed by atoms with E-state index in [1.807, 2.05) is 78.7 Å². The predicted molar refractivity (Wildman–Crippen MR) is 120 cm³/mol. The van der Waals surface area contributed by atoms with Gasteiger partial charge in [-0.3, -0.25) is 4.79 Å². The number of ether oxygens (including phenoxy) is 1. The fraction of sp³-hybridized carbons (Fsp3) is 0.160. The number of halogens is 1. The van der Waals surface area contributed by atoms with Crippen LogP contribution in [0.4, 0.5) is 5.69 Å². The van der Waals surface area contributed by atoms with Crippen LogP contribution in [0.15, 0.2) is 72.8 Å². The molecule has 6 rings (SSSR count). The summed E-state index contributed by atoms with van der Waals surface area (Å²) in [5.74, 6) is 0.598. The van der Waals surface area contributed by atoms with Crippen molar-refractivity contribution in [2.75, 3.05) is 11.9 Å². The Morgan fingerprint density at radius 2 is 1.84 bits per heavy atom. The van der Waals surface area contributed by atoms with E-state index in [0.29, 0.717) is 5.02 Å². The van der Waals surface area contributed by atoms with E-state index in [9.17, 15) is 4.79 Å². The highest BCUT2D eigenvalue weighted by Gasteiger charge is 2.62. The third-order valence-electron chi connectivity index (χ3n) is 6.31. The summed E-state index contributed by atoms with van der Waals surface area (Å²) in [4.78, 5) is 15.5. The Labute approximate surface area is 185 Å². The Bertz CT molecular complexity index is 1270. The predicted octanol–water partition coefficient (Wildman–Crippen LogP) is 4.77. The van der Waals surface area contributed by atoms with Gasteiger partial charge in [0.15, 0.2) is 0 Å². The number of para-hydroxylation sites is 1. The zero-order chi connectivity index (χ0) is 21.3. The molecule has 2 unspecified atom stereocenters. The van der Waals surface area contributed by atoms with Gasteiger partial charge >= 0.3 is 0 Å². The van der Waals surface area contributed by atoms with Crippen LogP contribution >= 0.6 is 11.6 Å². The first-order chi connectivity index (χ1) is 15.0. The molecule has 0 saturated carbocycles. The lowest BCUT2D eigenvalue weighted by molar-refractivity contribution is -0.167. The summed E-state index contributed by atoms with van der Waals surface area (Å²) in [6, 6.07) is 21.5. The monoisotopic (exact) mass is 429 g/mol. The minimum absolute atomic E-state index is 0.120. The number of amides is 1. The number of hydrogen-bond acceptors (Lipinski definition) is 4. The van der Waals surface area contributed by atoms with Crippen molar-refractivity contribution in [1.82, 2.24) is 10.4 Å². The van der Waals surface area contributed by atoms with Gasteiger partial charge in [-0.1, -0.05) is 53.6 Å². The van der Waals surface area contributed by atoms with Gasteiger partial charge in [0.25, 0.3) is 11.6 Å². The summed E-state index contributed by atoms with van der Waals surface area (Å²) in [5, 5.41) is 2.63. The normalized spacial score (nSPS) is 23.7. The molecule has 3 heterocycles. The number of anilines is 1. The summed E-state index contributed by atoms with van der Waals surface area (Å²) in [5.41, 5.74) is 7.90. The van der Waals surface area contributed by atoms with Crippen molar-refractivity contribution in [1.29, 1.82) is 0 Å². The largest absolute Gasteiger partial charge is 0.457 e. The van der Waals surface area contributed by atoms with Gasteiger partial charge in [-0.15, -0.1) is 0 Å². The van der Waals surface area contributed by atoms with Crippen molar-refractivity contribution in [3.05, 3.63) is 100 Å². The Kier molecular flexibility index (Phi) is 3.79. The second-order valence-corrected chi connectivity index (χ2v) is 8.62. The Balaban J connectivity index is 1.57. The number of benzene rings is 3. The van der Waals surface area contributed by atoms with Crippen LogP contribution in [0.5, 0.6) is 5.75 Å². The molecule has 0 radical (unpaired) electrons. The third kappa shape index (κ3) is 2.44. The maximum absolute atomic E-state index is 13.8. The molecule has 1 spiro atoms. The van der Waals surface area contributed by atoms with Crippen molar-refractivity contribution < 1.29 is 9.53 Å². The number of hydrogen-bond donors (Lipinski definition) is 1. The Morgan fingerprint density at radius 1 is 1.06 bits per heavy atom. The van der Waals surface area contributed by atoms with Crippen molar-refractivity contribution in [3.63, 3.8) is 0 Å². The molecule has 5 nitrogen and oxygen atoms in total. The average Bonchev–Trinajstić information content (AvgIpc) is 3.31. The minimum Gasteiger partial charge on any atom is -0.457 e. The van der Waals surface area contributed by atoms with Crippen LogP contribution in [0.2, 0.25) is 5.02 Å². The van der Waals surface area contributed by atoms with E-state index in [-0.39, 0.29) is 11.9 Å². The Hall–Kier alpha value is -3.28. The molecule has 154 valence electrons. The molecule has 0 aliphatic carbocycles. The van der Waals surface area contributed by atoms with E-state index in [2.05, 4.69) is 11.5 Å². The number of aryl methyl sites for hydroxylation is 1. The second kappa shape index (κ2) is 6.36. The lowest BCUT2D eigenvalue weighted by atomic mass is 9.94. The van der Waals surface area contributed by atoms with E-state index < -0.39 is 5.72 Å². The average molecular weight is 430 g/mol. The molecule has 3 aromatic rings. The number of nitrogens with one attached hydrogen (secondary N) is 1. The van der Waals surface area contributed by atoms with Gasteiger partial charge in [-0.05, 0) is 48.9 Å². The molecular formula is C25H20ClN3O2. The van der Waals surface area contributed by atoms with E-state index in [0.717, 1.165) is 39.4 Å². The molecule has 6 heteroatoms. The summed E-state index contributed by atoms with van der Waals surface area (Å²) >= 11 is 6.09. The van der Waals surface area contributed by atoms with Crippen LogP contribution in [0.25, 0.3) is 5.70 Å². The van der Waals surface area contributed by atoms with Crippen molar-refractivity contribution in [3.8, 4) is 5.75 Å². The smallest absolute Gasteiger partial charge is 0.293 e. The number of carbonyl (C=O) groups is 1. The van der Waals surface area contributed by atoms with Crippen LogP contribution in [0.3, 0.4) is 0 Å². The van der Waals surface area contributed by atoms with Crippen molar-refractivity contribution in [2.24, 2.45) is 0 Å². The summed E-state index contributed by atoms with van der Waals surface area (Å²) < 4.78 is 6.58. The molecular weight excluding hydrogens is 410 g/mol. The number of carbonyl (C=O) groups excluding carboxylic acids is 1. The second-order valence-electron chi connectivity index (χ2n) is 8.18. The standard InChI is InChI=1S/C25H20ClN3O2/c1-15-7-12-21-19(13-15)25(24(30)28(21)2)29-22(18-5-3-4-6-23(18)31-25)14-20(27-29)16-8-10-17(26)11-9-16/h3-14,22,27H,1-2H3. The van der Waals surface area contributed by atoms with E-state index >= 15 is 0 Å². The number of rotatable bonds is 1. The molecule has 2 atom stereocenters. The fourth-order valence-corrected chi connectivity index (χ4v) is 4.91. The van der Waals surface area contributed by atoms with E-state index in [1.54, 1.807) is 11.9 Å². The molecule has 31 heavy (non-hydrogen) atoms. The van der Waals surface area contributed by atoms with Crippen LogP contribution in [-0.2, 0) is 10.5 Å². The fourth-order valence-electron chi connectivity index (χ4n) is 4.79.